The molecule has 1 heterocycles. The molecule has 0 saturated carbocycles. The van der Waals surface area contributed by atoms with E-state index in [0.717, 1.165) is 22.4 Å². The smallest absolute Gasteiger partial charge is 0.264 e. The van der Waals surface area contributed by atoms with Crippen LogP contribution in [0.25, 0.3) is 0 Å². The molecule has 0 fully saturated rings. The van der Waals surface area contributed by atoms with E-state index >= 15 is 0 Å². The summed E-state index contributed by atoms with van der Waals surface area (Å²) in [5.41, 5.74) is 5.10. The third-order valence-corrected chi connectivity index (χ3v) is 8.11. The van der Waals surface area contributed by atoms with Gasteiger partial charge in [0.2, 0.25) is 0 Å². The molecule has 0 amide bonds. The number of benzene rings is 4. The van der Waals surface area contributed by atoms with Gasteiger partial charge in [-0.2, -0.15) is 5.26 Å². The number of hydrogen-bond acceptors (Lipinski definition) is 4. The molecule has 0 aliphatic heterocycles. The van der Waals surface area contributed by atoms with Gasteiger partial charge in [-0.05, 0) is 59.5 Å². The highest BCUT2D eigenvalue weighted by molar-refractivity contribution is 7.92. The largest absolute Gasteiger partial charge is 0.328 e. The molecule has 1 aromatic heterocycles. The maximum absolute atomic E-state index is 13.9. The molecule has 5 rings (SSSR count). The fourth-order valence-corrected chi connectivity index (χ4v) is 5.79. The van der Waals surface area contributed by atoms with E-state index in [9.17, 15) is 8.42 Å². The van der Waals surface area contributed by atoms with Crippen LogP contribution in [0.5, 0.6) is 0 Å². The fourth-order valence-electron chi connectivity index (χ4n) is 4.34. The van der Waals surface area contributed by atoms with Crippen LogP contribution in [0.2, 0.25) is 0 Å². The predicted octanol–water partition coefficient (Wildman–Crippen LogP) is 5.79. The van der Waals surface area contributed by atoms with Gasteiger partial charge in [-0.25, -0.2) is 13.4 Å². The lowest BCUT2D eigenvalue weighted by Gasteiger charge is -2.25. The van der Waals surface area contributed by atoms with Crippen molar-refractivity contribution in [2.45, 2.75) is 24.4 Å². The first-order valence-electron chi connectivity index (χ1n) is 12.2. The molecule has 0 spiro atoms. The highest BCUT2D eigenvalue weighted by Gasteiger charge is 2.26. The Morgan fingerprint density at radius 1 is 0.789 bits per heavy atom. The Bertz CT molecular complexity index is 1660. The van der Waals surface area contributed by atoms with Crippen molar-refractivity contribution in [1.29, 1.82) is 5.26 Å². The van der Waals surface area contributed by atoms with Gasteiger partial charge >= 0.3 is 0 Å². The number of nitriles is 1. The summed E-state index contributed by atoms with van der Waals surface area (Å²) in [4.78, 5) is 4.54. The van der Waals surface area contributed by atoms with Crippen molar-refractivity contribution in [2.24, 2.45) is 0 Å². The van der Waals surface area contributed by atoms with Crippen LogP contribution in [0, 0.1) is 11.3 Å². The lowest BCUT2D eigenvalue weighted by molar-refractivity contribution is 0.588. The van der Waals surface area contributed by atoms with Gasteiger partial charge in [-0.15, -0.1) is 0 Å². The molecular formula is C31H26N4O2S. The highest BCUT2D eigenvalue weighted by atomic mass is 32.2. The molecule has 0 atom stereocenters. The van der Waals surface area contributed by atoms with E-state index < -0.39 is 10.0 Å². The van der Waals surface area contributed by atoms with Crippen molar-refractivity contribution >= 4 is 15.7 Å². The first kappa shape index (κ1) is 25.0. The average molecular weight is 519 g/mol. The molecule has 0 radical (unpaired) electrons. The second-order valence-electron chi connectivity index (χ2n) is 8.98. The lowest BCUT2D eigenvalue weighted by atomic mass is 10.0. The number of aromatic nitrogens is 2. The third-order valence-electron chi connectivity index (χ3n) is 6.32. The van der Waals surface area contributed by atoms with E-state index in [-0.39, 0.29) is 11.4 Å². The van der Waals surface area contributed by atoms with Gasteiger partial charge in [0.1, 0.15) is 0 Å². The molecule has 5 aromatic rings. The summed E-state index contributed by atoms with van der Waals surface area (Å²) in [5.74, 6) is 0. The summed E-state index contributed by atoms with van der Waals surface area (Å²) in [6.45, 7) is 0.622. The van der Waals surface area contributed by atoms with Crippen molar-refractivity contribution in [3.63, 3.8) is 0 Å². The van der Waals surface area contributed by atoms with E-state index in [1.54, 1.807) is 55.0 Å². The zero-order valence-corrected chi connectivity index (χ0v) is 21.5. The number of nitrogens with zero attached hydrogens (tertiary/aromatic N) is 4. The molecule has 0 saturated heterocycles. The summed E-state index contributed by atoms with van der Waals surface area (Å²) >= 11 is 0. The van der Waals surface area contributed by atoms with Crippen molar-refractivity contribution < 1.29 is 8.42 Å². The lowest BCUT2D eigenvalue weighted by Crippen LogP contribution is -2.31. The van der Waals surface area contributed by atoms with Crippen LogP contribution in [-0.2, 0) is 29.5 Å². The zero-order chi connectivity index (χ0) is 26.4. The van der Waals surface area contributed by atoms with Crippen LogP contribution in [0.3, 0.4) is 0 Å². The minimum atomic E-state index is -3.86. The Morgan fingerprint density at radius 3 is 2.18 bits per heavy atom. The first-order chi connectivity index (χ1) is 18.5. The van der Waals surface area contributed by atoms with Crippen LogP contribution in [0.4, 0.5) is 5.69 Å². The zero-order valence-electron chi connectivity index (χ0n) is 20.7. The van der Waals surface area contributed by atoms with E-state index in [4.69, 9.17) is 5.26 Å². The Hall–Kier alpha value is -4.67. The van der Waals surface area contributed by atoms with Gasteiger partial charge in [-0.3, -0.25) is 4.31 Å². The van der Waals surface area contributed by atoms with E-state index in [1.807, 2.05) is 59.2 Å². The Kier molecular flexibility index (Phi) is 7.34. The number of sulfonamides is 1. The average Bonchev–Trinajstić information content (AvgIpc) is 3.39. The van der Waals surface area contributed by atoms with Gasteiger partial charge in [-0.1, -0.05) is 72.8 Å². The van der Waals surface area contributed by atoms with Gasteiger partial charge in [0.15, 0.2) is 0 Å². The Labute approximate surface area is 223 Å². The summed E-state index contributed by atoms with van der Waals surface area (Å²) in [7, 11) is -3.86. The van der Waals surface area contributed by atoms with E-state index in [1.165, 1.54) is 4.31 Å². The predicted molar refractivity (Wildman–Crippen MR) is 148 cm³/mol. The Morgan fingerprint density at radius 2 is 1.47 bits per heavy atom. The third kappa shape index (κ3) is 5.66. The number of hydrogen-bond donors (Lipinski definition) is 0. The van der Waals surface area contributed by atoms with Crippen LogP contribution in [0.1, 0.15) is 27.9 Å². The summed E-state index contributed by atoms with van der Waals surface area (Å²) in [6, 6.07) is 35.7. The van der Waals surface area contributed by atoms with Crippen LogP contribution >= 0.6 is 0 Å². The maximum Gasteiger partial charge on any atom is 0.264 e. The highest BCUT2D eigenvalue weighted by Crippen LogP contribution is 2.28. The SMILES string of the molecule is N#Cc1ccc(Cn2cncc2CN(c2cccc(Cc3ccccc3)c2)S(=O)(=O)c2ccccc2)cc1. The monoisotopic (exact) mass is 518 g/mol. The standard InChI is InChI=1S/C31H26N4O2S/c32-20-26-14-16-27(17-15-26)22-34-24-33-21-30(34)23-35(38(36,37)31-12-5-2-6-13-31)29-11-7-10-28(19-29)18-25-8-3-1-4-9-25/h1-17,19,21,24H,18,22-23H2. The molecule has 6 nitrogen and oxygen atoms in total. The summed E-state index contributed by atoms with van der Waals surface area (Å²) in [5, 5.41) is 9.08. The summed E-state index contributed by atoms with van der Waals surface area (Å²) in [6.07, 6.45) is 4.10. The molecule has 0 N–H and O–H groups in total. The minimum absolute atomic E-state index is 0.113. The minimum Gasteiger partial charge on any atom is -0.328 e. The number of imidazole rings is 1. The second kappa shape index (κ2) is 11.2. The van der Waals surface area contributed by atoms with Gasteiger partial charge in [0.05, 0.1) is 40.8 Å². The molecule has 7 heteroatoms. The van der Waals surface area contributed by atoms with Crippen molar-refractivity contribution in [3.05, 3.63) is 150 Å². The molecular weight excluding hydrogens is 492 g/mol. The second-order valence-corrected chi connectivity index (χ2v) is 10.8. The molecule has 0 bridgehead atoms. The fraction of sp³-hybridized carbons (Fsp3) is 0.0968. The molecule has 4 aromatic carbocycles. The molecule has 188 valence electrons. The first-order valence-corrected chi connectivity index (χ1v) is 13.7. The van der Waals surface area contributed by atoms with Crippen molar-refractivity contribution in [3.8, 4) is 6.07 Å². The molecule has 0 unspecified atom stereocenters. The quantitative estimate of drug-likeness (QED) is 0.247. The number of anilines is 1. The van der Waals surface area contributed by atoms with Gasteiger partial charge in [0, 0.05) is 12.7 Å². The van der Waals surface area contributed by atoms with E-state index in [0.29, 0.717) is 24.2 Å². The van der Waals surface area contributed by atoms with Gasteiger partial charge in [0.25, 0.3) is 10.0 Å². The molecule has 0 aliphatic carbocycles. The molecule has 38 heavy (non-hydrogen) atoms. The number of rotatable bonds is 9. The molecule has 0 aliphatic rings. The Balaban J connectivity index is 1.50. The van der Waals surface area contributed by atoms with E-state index in [2.05, 4.69) is 23.2 Å². The topological polar surface area (TPSA) is 79.0 Å². The summed E-state index contributed by atoms with van der Waals surface area (Å²) < 4.78 is 31.2. The van der Waals surface area contributed by atoms with Crippen molar-refractivity contribution in [2.75, 3.05) is 4.31 Å². The van der Waals surface area contributed by atoms with Crippen LogP contribution in [0.15, 0.2) is 127 Å². The van der Waals surface area contributed by atoms with Crippen molar-refractivity contribution in [1.82, 2.24) is 9.55 Å². The van der Waals surface area contributed by atoms with Gasteiger partial charge < -0.3 is 4.57 Å². The maximum atomic E-state index is 13.9. The normalized spacial score (nSPS) is 11.1. The van der Waals surface area contributed by atoms with Crippen LogP contribution < -0.4 is 4.31 Å². The van der Waals surface area contributed by atoms with Crippen LogP contribution in [-0.4, -0.2) is 18.0 Å².